The Balaban J connectivity index is 1.73. The maximum Gasteiger partial charge on any atom is 0.230 e. The van der Waals surface area contributed by atoms with Crippen LogP contribution in [-0.4, -0.2) is 18.2 Å². The number of rotatable bonds is 6. The van der Waals surface area contributed by atoms with Crippen molar-refractivity contribution in [2.45, 2.75) is 11.3 Å². The Morgan fingerprint density at radius 1 is 1.14 bits per heavy atom. The SMILES string of the molecule is O=C(CSc1ccccc1Cl)NCCc1ccccc1F. The van der Waals surface area contributed by atoms with Gasteiger partial charge in [-0.25, -0.2) is 4.39 Å². The molecule has 0 radical (unpaired) electrons. The van der Waals surface area contributed by atoms with Gasteiger partial charge in [0, 0.05) is 11.4 Å². The molecule has 0 unspecified atom stereocenters. The summed E-state index contributed by atoms with van der Waals surface area (Å²) in [6.07, 6.45) is 0.481. The van der Waals surface area contributed by atoms with Crippen LogP contribution in [0.3, 0.4) is 0 Å². The zero-order valence-corrected chi connectivity index (χ0v) is 12.9. The first-order valence-corrected chi connectivity index (χ1v) is 7.90. The molecular weight excluding hydrogens is 309 g/mol. The van der Waals surface area contributed by atoms with Crippen LogP contribution in [0.25, 0.3) is 0 Å². The maximum absolute atomic E-state index is 13.4. The number of hydrogen-bond donors (Lipinski definition) is 1. The van der Waals surface area contributed by atoms with Gasteiger partial charge in [0.1, 0.15) is 5.82 Å². The lowest BCUT2D eigenvalue weighted by Gasteiger charge is -2.07. The summed E-state index contributed by atoms with van der Waals surface area (Å²) in [4.78, 5) is 12.6. The van der Waals surface area contributed by atoms with Crippen LogP contribution in [0.15, 0.2) is 53.4 Å². The van der Waals surface area contributed by atoms with Crippen molar-refractivity contribution in [2.24, 2.45) is 0 Å². The van der Waals surface area contributed by atoms with Crippen molar-refractivity contribution in [2.75, 3.05) is 12.3 Å². The Morgan fingerprint density at radius 3 is 2.62 bits per heavy atom. The van der Waals surface area contributed by atoms with Crippen molar-refractivity contribution in [3.63, 3.8) is 0 Å². The topological polar surface area (TPSA) is 29.1 Å². The molecule has 0 bridgehead atoms. The van der Waals surface area contributed by atoms with Gasteiger partial charge in [0.25, 0.3) is 0 Å². The van der Waals surface area contributed by atoms with Crippen LogP contribution in [-0.2, 0) is 11.2 Å². The average Bonchev–Trinajstić information content (AvgIpc) is 2.48. The molecule has 0 aliphatic heterocycles. The Labute approximate surface area is 132 Å². The van der Waals surface area contributed by atoms with Crippen molar-refractivity contribution in [1.82, 2.24) is 5.32 Å². The van der Waals surface area contributed by atoms with Crippen LogP contribution < -0.4 is 5.32 Å². The van der Waals surface area contributed by atoms with E-state index in [4.69, 9.17) is 11.6 Å². The van der Waals surface area contributed by atoms with E-state index < -0.39 is 0 Å². The third kappa shape index (κ3) is 5.06. The summed E-state index contributed by atoms with van der Waals surface area (Å²) in [7, 11) is 0. The largest absolute Gasteiger partial charge is 0.355 e. The van der Waals surface area contributed by atoms with Gasteiger partial charge in [-0.3, -0.25) is 4.79 Å². The highest BCUT2D eigenvalue weighted by molar-refractivity contribution is 8.00. The van der Waals surface area contributed by atoms with Gasteiger partial charge >= 0.3 is 0 Å². The van der Waals surface area contributed by atoms with E-state index in [1.54, 1.807) is 24.3 Å². The lowest BCUT2D eigenvalue weighted by atomic mass is 10.1. The molecule has 2 rings (SSSR count). The van der Waals surface area contributed by atoms with Gasteiger partial charge in [0.2, 0.25) is 5.91 Å². The Bertz CT molecular complexity index is 621. The highest BCUT2D eigenvalue weighted by Crippen LogP contribution is 2.26. The second kappa shape index (κ2) is 8.05. The van der Waals surface area contributed by atoms with Gasteiger partial charge in [-0.1, -0.05) is 41.9 Å². The molecule has 0 heterocycles. The van der Waals surface area contributed by atoms with Gasteiger partial charge in [-0.05, 0) is 30.2 Å². The minimum atomic E-state index is -0.239. The molecule has 21 heavy (non-hydrogen) atoms. The third-order valence-corrected chi connectivity index (χ3v) is 4.38. The zero-order chi connectivity index (χ0) is 15.1. The van der Waals surface area contributed by atoms with Crippen molar-refractivity contribution in [3.8, 4) is 0 Å². The van der Waals surface area contributed by atoms with Gasteiger partial charge in [-0.2, -0.15) is 0 Å². The second-order valence-electron chi connectivity index (χ2n) is 4.41. The molecule has 2 aromatic rings. The van der Waals surface area contributed by atoms with E-state index in [1.165, 1.54) is 17.8 Å². The third-order valence-electron chi connectivity index (χ3n) is 2.87. The minimum absolute atomic E-state index is 0.0868. The first kappa shape index (κ1) is 15.9. The summed E-state index contributed by atoms with van der Waals surface area (Å²) in [5.41, 5.74) is 0.608. The first-order chi connectivity index (χ1) is 10.2. The van der Waals surface area contributed by atoms with Crippen LogP contribution in [0.4, 0.5) is 4.39 Å². The lowest BCUT2D eigenvalue weighted by molar-refractivity contribution is -0.118. The molecule has 0 aliphatic rings. The normalized spacial score (nSPS) is 10.4. The molecule has 0 spiro atoms. The Kier molecular flexibility index (Phi) is 6.08. The van der Waals surface area contributed by atoms with Crippen molar-refractivity contribution < 1.29 is 9.18 Å². The molecule has 0 saturated carbocycles. The van der Waals surface area contributed by atoms with E-state index in [9.17, 15) is 9.18 Å². The fourth-order valence-corrected chi connectivity index (χ4v) is 2.86. The predicted molar refractivity (Wildman–Crippen MR) is 85.3 cm³/mol. The van der Waals surface area contributed by atoms with Gasteiger partial charge in [0.15, 0.2) is 0 Å². The molecule has 0 atom stereocenters. The number of carbonyl (C=O) groups is 1. The fourth-order valence-electron chi connectivity index (χ4n) is 1.79. The Morgan fingerprint density at radius 2 is 1.86 bits per heavy atom. The predicted octanol–water partition coefficient (Wildman–Crippen LogP) is 3.93. The zero-order valence-electron chi connectivity index (χ0n) is 11.3. The molecule has 0 saturated heterocycles. The lowest BCUT2D eigenvalue weighted by Crippen LogP contribution is -2.27. The monoisotopic (exact) mass is 323 g/mol. The first-order valence-electron chi connectivity index (χ1n) is 6.54. The number of benzene rings is 2. The van der Waals surface area contributed by atoms with Crippen LogP contribution >= 0.6 is 23.4 Å². The van der Waals surface area contributed by atoms with E-state index in [0.29, 0.717) is 29.3 Å². The van der Waals surface area contributed by atoms with Crippen LogP contribution in [0.5, 0.6) is 0 Å². The highest BCUT2D eigenvalue weighted by Gasteiger charge is 2.06. The fraction of sp³-hybridized carbons (Fsp3) is 0.188. The standard InChI is InChI=1S/C16H15ClFNOS/c17-13-6-2-4-8-15(13)21-11-16(20)19-10-9-12-5-1-3-7-14(12)18/h1-8H,9-11H2,(H,19,20). The smallest absolute Gasteiger partial charge is 0.230 e. The number of carbonyl (C=O) groups excluding carboxylic acids is 1. The second-order valence-corrected chi connectivity index (χ2v) is 5.83. The summed E-state index contributed by atoms with van der Waals surface area (Å²) in [6.45, 7) is 0.419. The summed E-state index contributed by atoms with van der Waals surface area (Å²) in [5, 5.41) is 3.42. The molecular formula is C16H15ClFNOS. The quantitative estimate of drug-likeness (QED) is 0.816. The van der Waals surface area contributed by atoms with E-state index >= 15 is 0 Å². The summed E-state index contributed by atoms with van der Waals surface area (Å²) < 4.78 is 13.4. The van der Waals surface area contributed by atoms with Crippen LogP contribution in [0.2, 0.25) is 5.02 Å². The molecule has 1 amide bonds. The number of hydrogen-bond acceptors (Lipinski definition) is 2. The Hall–Kier alpha value is -1.52. The highest BCUT2D eigenvalue weighted by atomic mass is 35.5. The summed E-state index contributed by atoms with van der Waals surface area (Å²) >= 11 is 7.40. The maximum atomic E-state index is 13.4. The average molecular weight is 324 g/mol. The molecule has 1 N–H and O–H groups in total. The molecule has 5 heteroatoms. The summed E-state index contributed by atoms with van der Waals surface area (Å²) in [6, 6.07) is 14.0. The van der Waals surface area contributed by atoms with Crippen molar-refractivity contribution in [1.29, 1.82) is 0 Å². The van der Waals surface area contributed by atoms with E-state index in [2.05, 4.69) is 5.32 Å². The molecule has 2 aromatic carbocycles. The van der Waals surface area contributed by atoms with Crippen LogP contribution in [0.1, 0.15) is 5.56 Å². The van der Waals surface area contributed by atoms with Gasteiger partial charge in [0.05, 0.1) is 10.8 Å². The van der Waals surface area contributed by atoms with E-state index in [-0.39, 0.29) is 11.7 Å². The number of amides is 1. The molecule has 0 aliphatic carbocycles. The van der Waals surface area contributed by atoms with Gasteiger partial charge in [-0.15, -0.1) is 11.8 Å². The van der Waals surface area contributed by atoms with Crippen molar-refractivity contribution >= 4 is 29.3 Å². The molecule has 110 valence electrons. The number of halogens is 2. The molecule has 0 aromatic heterocycles. The molecule has 2 nitrogen and oxygen atoms in total. The summed E-state index contributed by atoms with van der Waals surface area (Å²) in [5.74, 6) is -0.0328. The van der Waals surface area contributed by atoms with E-state index in [0.717, 1.165) is 4.90 Å². The van der Waals surface area contributed by atoms with Gasteiger partial charge < -0.3 is 5.32 Å². The number of nitrogens with one attached hydrogen (secondary N) is 1. The van der Waals surface area contributed by atoms with E-state index in [1.807, 2.05) is 18.2 Å². The van der Waals surface area contributed by atoms with Crippen molar-refractivity contribution in [3.05, 3.63) is 64.9 Å². The molecule has 0 fully saturated rings. The minimum Gasteiger partial charge on any atom is -0.355 e. The van der Waals surface area contributed by atoms with Crippen LogP contribution in [0, 0.1) is 5.82 Å². The number of thioether (sulfide) groups is 1.